The summed E-state index contributed by atoms with van der Waals surface area (Å²) in [6.07, 6.45) is 5.56. The van der Waals surface area contributed by atoms with Gasteiger partial charge >= 0.3 is 0 Å². The second-order valence-corrected chi connectivity index (χ2v) is 7.30. The molecule has 2 aromatic rings. The predicted molar refractivity (Wildman–Crippen MR) is 104 cm³/mol. The largest absolute Gasteiger partial charge is 0.497 e. The first-order chi connectivity index (χ1) is 13.0. The zero-order valence-electron chi connectivity index (χ0n) is 15.9. The van der Waals surface area contributed by atoms with Gasteiger partial charge in [-0.2, -0.15) is 0 Å². The van der Waals surface area contributed by atoms with Crippen LogP contribution >= 0.6 is 0 Å². The van der Waals surface area contributed by atoms with E-state index in [0.717, 1.165) is 37.0 Å². The van der Waals surface area contributed by atoms with E-state index in [1.54, 1.807) is 13.3 Å². The number of nitrogens with zero attached hydrogens (tertiary/aromatic N) is 1. The Morgan fingerprint density at radius 2 is 2.00 bits per heavy atom. The van der Waals surface area contributed by atoms with Crippen molar-refractivity contribution in [2.45, 2.75) is 44.7 Å². The van der Waals surface area contributed by atoms with Gasteiger partial charge in [-0.1, -0.05) is 12.8 Å². The van der Waals surface area contributed by atoms with Crippen molar-refractivity contribution in [2.75, 3.05) is 7.11 Å². The lowest BCUT2D eigenvalue weighted by Gasteiger charge is -2.37. The van der Waals surface area contributed by atoms with Gasteiger partial charge in [-0.05, 0) is 55.7 Å². The lowest BCUT2D eigenvalue weighted by Crippen LogP contribution is -2.52. The van der Waals surface area contributed by atoms with Gasteiger partial charge in [-0.3, -0.25) is 4.79 Å². The number of carbonyl (C=O) groups is 1. The van der Waals surface area contributed by atoms with Gasteiger partial charge in [0, 0.05) is 24.3 Å². The zero-order valence-corrected chi connectivity index (χ0v) is 15.9. The van der Waals surface area contributed by atoms with Gasteiger partial charge in [0.25, 0.3) is 0 Å². The monoisotopic (exact) mass is 369 g/mol. The molecule has 0 saturated heterocycles. The molecule has 6 nitrogen and oxygen atoms in total. The molecule has 2 atom stereocenters. The highest BCUT2D eigenvalue weighted by Crippen LogP contribution is 2.31. The molecule has 1 aromatic heterocycles. The Balaban J connectivity index is 1.59. The number of carbonyl (C=O) groups excluding carboxylic acids is 1. The zero-order chi connectivity index (χ0) is 19.3. The molecule has 0 bridgehead atoms. The van der Waals surface area contributed by atoms with Gasteiger partial charge < -0.3 is 20.5 Å². The maximum atomic E-state index is 12.6. The summed E-state index contributed by atoms with van der Waals surface area (Å²) in [7, 11) is 1.62. The first kappa shape index (κ1) is 19.2. The van der Waals surface area contributed by atoms with E-state index in [1.165, 1.54) is 0 Å². The van der Waals surface area contributed by atoms with Crippen LogP contribution in [-0.2, 0) is 11.3 Å². The van der Waals surface area contributed by atoms with Crippen LogP contribution in [-0.4, -0.2) is 23.5 Å². The molecule has 27 heavy (non-hydrogen) atoms. The van der Waals surface area contributed by atoms with E-state index in [0.29, 0.717) is 18.2 Å². The van der Waals surface area contributed by atoms with E-state index in [-0.39, 0.29) is 11.8 Å². The lowest BCUT2D eigenvalue weighted by atomic mass is 9.74. The number of benzene rings is 1. The SMILES string of the molecule is COc1ccc(Oc2cc(CNC(=O)C3CCCCC3(C)N)ccn2)cc1. The molecule has 0 aliphatic heterocycles. The summed E-state index contributed by atoms with van der Waals surface area (Å²) in [4.78, 5) is 16.8. The van der Waals surface area contributed by atoms with Crippen molar-refractivity contribution in [3.05, 3.63) is 48.2 Å². The third-order valence-corrected chi connectivity index (χ3v) is 5.12. The number of aromatic nitrogens is 1. The van der Waals surface area contributed by atoms with Crippen LogP contribution in [0.1, 0.15) is 38.2 Å². The van der Waals surface area contributed by atoms with E-state index < -0.39 is 5.54 Å². The first-order valence-electron chi connectivity index (χ1n) is 9.31. The molecule has 6 heteroatoms. The third-order valence-electron chi connectivity index (χ3n) is 5.12. The van der Waals surface area contributed by atoms with Crippen molar-refractivity contribution in [2.24, 2.45) is 11.7 Å². The Morgan fingerprint density at radius 1 is 1.26 bits per heavy atom. The second-order valence-electron chi connectivity index (χ2n) is 7.30. The van der Waals surface area contributed by atoms with Crippen molar-refractivity contribution in [3.8, 4) is 17.4 Å². The molecule has 1 heterocycles. The molecule has 1 aliphatic rings. The summed E-state index contributed by atoms with van der Waals surface area (Å²) in [5.41, 5.74) is 6.82. The minimum Gasteiger partial charge on any atom is -0.497 e. The Morgan fingerprint density at radius 3 is 2.70 bits per heavy atom. The van der Waals surface area contributed by atoms with Gasteiger partial charge in [-0.25, -0.2) is 4.98 Å². The average molecular weight is 369 g/mol. The summed E-state index contributed by atoms with van der Waals surface area (Å²) in [6, 6.07) is 11.0. The topological polar surface area (TPSA) is 86.5 Å². The van der Waals surface area contributed by atoms with Crippen LogP contribution in [0.25, 0.3) is 0 Å². The molecule has 144 valence electrons. The number of rotatable bonds is 6. The molecule has 1 saturated carbocycles. The third kappa shape index (κ3) is 4.98. The smallest absolute Gasteiger partial charge is 0.225 e. The van der Waals surface area contributed by atoms with Crippen LogP contribution < -0.4 is 20.5 Å². The van der Waals surface area contributed by atoms with Crippen LogP contribution in [0.15, 0.2) is 42.6 Å². The van der Waals surface area contributed by atoms with E-state index >= 15 is 0 Å². The Hall–Kier alpha value is -2.60. The van der Waals surface area contributed by atoms with Crippen LogP contribution in [0, 0.1) is 5.92 Å². The number of methoxy groups -OCH3 is 1. The van der Waals surface area contributed by atoms with E-state index in [2.05, 4.69) is 10.3 Å². The van der Waals surface area contributed by atoms with Crippen molar-refractivity contribution < 1.29 is 14.3 Å². The number of nitrogens with two attached hydrogens (primary N) is 1. The normalized spacial score (nSPS) is 22.1. The molecule has 1 amide bonds. The molecular weight excluding hydrogens is 342 g/mol. The van der Waals surface area contributed by atoms with Crippen molar-refractivity contribution in [3.63, 3.8) is 0 Å². The molecule has 1 aromatic carbocycles. The number of pyridine rings is 1. The fourth-order valence-corrected chi connectivity index (χ4v) is 3.48. The summed E-state index contributed by atoms with van der Waals surface area (Å²) >= 11 is 0. The van der Waals surface area contributed by atoms with E-state index in [9.17, 15) is 4.79 Å². The maximum absolute atomic E-state index is 12.6. The van der Waals surface area contributed by atoms with Crippen molar-refractivity contribution in [1.29, 1.82) is 0 Å². The number of nitrogens with one attached hydrogen (secondary N) is 1. The van der Waals surface area contributed by atoms with Crippen LogP contribution in [0.4, 0.5) is 0 Å². The molecule has 1 fully saturated rings. The summed E-state index contributed by atoms with van der Waals surface area (Å²) in [6.45, 7) is 2.40. The molecular formula is C21H27N3O3. The Kier molecular flexibility index (Phi) is 5.96. The summed E-state index contributed by atoms with van der Waals surface area (Å²) in [5.74, 6) is 1.80. The molecule has 2 unspecified atom stereocenters. The lowest BCUT2D eigenvalue weighted by molar-refractivity contribution is -0.128. The van der Waals surface area contributed by atoms with Gasteiger partial charge in [-0.15, -0.1) is 0 Å². The Labute approximate surface area is 160 Å². The van der Waals surface area contributed by atoms with E-state index in [4.69, 9.17) is 15.2 Å². The van der Waals surface area contributed by atoms with E-state index in [1.807, 2.05) is 43.3 Å². The number of hydrogen-bond donors (Lipinski definition) is 2. The number of hydrogen-bond acceptors (Lipinski definition) is 5. The van der Waals surface area contributed by atoms with Gasteiger partial charge in [0.2, 0.25) is 11.8 Å². The molecule has 1 aliphatic carbocycles. The summed E-state index contributed by atoms with van der Waals surface area (Å²) in [5, 5.41) is 3.01. The molecule has 0 spiro atoms. The highest BCUT2D eigenvalue weighted by molar-refractivity contribution is 5.80. The minimum atomic E-state index is -0.427. The minimum absolute atomic E-state index is 0.0223. The van der Waals surface area contributed by atoms with Gasteiger partial charge in [0.15, 0.2) is 0 Å². The fraction of sp³-hybridized carbons (Fsp3) is 0.429. The quantitative estimate of drug-likeness (QED) is 0.815. The fourth-order valence-electron chi connectivity index (χ4n) is 3.48. The second kappa shape index (κ2) is 8.39. The highest BCUT2D eigenvalue weighted by Gasteiger charge is 2.37. The number of amides is 1. The van der Waals surface area contributed by atoms with Crippen molar-refractivity contribution >= 4 is 5.91 Å². The highest BCUT2D eigenvalue weighted by atomic mass is 16.5. The number of ether oxygens (including phenoxy) is 2. The first-order valence-corrected chi connectivity index (χ1v) is 9.31. The van der Waals surface area contributed by atoms with Gasteiger partial charge in [0.1, 0.15) is 11.5 Å². The maximum Gasteiger partial charge on any atom is 0.225 e. The molecule has 0 radical (unpaired) electrons. The van der Waals surface area contributed by atoms with Crippen LogP contribution in [0.2, 0.25) is 0 Å². The Bertz CT molecular complexity index is 774. The van der Waals surface area contributed by atoms with Crippen LogP contribution in [0.5, 0.6) is 17.4 Å². The van der Waals surface area contributed by atoms with Crippen LogP contribution in [0.3, 0.4) is 0 Å². The standard InChI is InChI=1S/C21H27N3O3/c1-21(22)11-4-3-5-18(21)20(25)24-14-15-10-12-23-19(13-15)27-17-8-6-16(26-2)7-9-17/h6-10,12-13,18H,3-5,11,14,22H2,1-2H3,(H,24,25). The molecule has 3 rings (SSSR count). The molecule has 3 N–H and O–H groups in total. The van der Waals surface area contributed by atoms with Crippen molar-refractivity contribution in [1.82, 2.24) is 10.3 Å². The average Bonchev–Trinajstić information content (AvgIpc) is 2.67. The van der Waals surface area contributed by atoms with Gasteiger partial charge in [0.05, 0.1) is 13.0 Å². The predicted octanol–water partition coefficient (Wildman–Crippen LogP) is 3.41. The summed E-state index contributed by atoms with van der Waals surface area (Å²) < 4.78 is 10.9.